The van der Waals surface area contributed by atoms with E-state index >= 15 is 0 Å². The van der Waals surface area contributed by atoms with Crippen LogP contribution < -0.4 is 0 Å². The molecule has 0 saturated carbocycles. The van der Waals surface area contributed by atoms with Crippen molar-refractivity contribution in [3.63, 3.8) is 0 Å². The third kappa shape index (κ3) is 5.05. The highest BCUT2D eigenvalue weighted by molar-refractivity contribution is 6.31. The fourth-order valence-electron chi connectivity index (χ4n) is 4.79. The molecule has 1 fully saturated rings. The number of carbonyl (C=O) groups excluding carboxylic acids is 1. The van der Waals surface area contributed by atoms with E-state index in [1.54, 1.807) is 16.6 Å². The van der Waals surface area contributed by atoms with Crippen LogP contribution in [0.5, 0.6) is 0 Å². The van der Waals surface area contributed by atoms with Gasteiger partial charge in [0.25, 0.3) is 0 Å². The SMILES string of the molecule is Cc1nn(-c2ccc3nnc(C)n3n2)c(C)c1CCC(=O)N1CCN(Cc2ccc(C#N)cc2Cl)CC1. The van der Waals surface area contributed by atoms with Crippen LogP contribution in [-0.4, -0.2) is 71.5 Å². The predicted octanol–water partition coefficient (Wildman–Crippen LogP) is 3.04. The van der Waals surface area contributed by atoms with Gasteiger partial charge in [0.2, 0.25) is 5.91 Å². The summed E-state index contributed by atoms with van der Waals surface area (Å²) in [5, 5.41) is 27.1. The zero-order valence-electron chi connectivity index (χ0n) is 21.1. The van der Waals surface area contributed by atoms with Crippen molar-refractivity contribution in [1.29, 1.82) is 5.26 Å². The highest BCUT2D eigenvalue weighted by Gasteiger charge is 2.23. The zero-order chi connectivity index (χ0) is 26.1. The Kier molecular flexibility index (Phi) is 6.91. The molecule has 190 valence electrons. The van der Waals surface area contributed by atoms with E-state index in [9.17, 15) is 4.79 Å². The van der Waals surface area contributed by atoms with E-state index in [4.69, 9.17) is 22.0 Å². The van der Waals surface area contributed by atoms with Gasteiger partial charge in [-0.15, -0.1) is 15.3 Å². The second-order valence-corrected chi connectivity index (χ2v) is 9.75. The molecule has 11 heteroatoms. The molecule has 1 aliphatic rings. The molecule has 4 heterocycles. The van der Waals surface area contributed by atoms with Crippen LogP contribution in [0.25, 0.3) is 11.5 Å². The van der Waals surface area contributed by atoms with Crippen LogP contribution in [0.3, 0.4) is 0 Å². The first-order chi connectivity index (χ1) is 17.8. The smallest absolute Gasteiger partial charge is 0.222 e. The molecule has 0 aliphatic carbocycles. The van der Waals surface area contributed by atoms with Crippen LogP contribution in [0.2, 0.25) is 5.02 Å². The number of amides is 1. The molecule has 0 radical (unpaired) electrons. The molecule has 0 atom stereocenters. The first kappa shape index (κ1) is 24.9. The number of fused-ring (bicyclic) bond motifs is 1. The number of carbonyl (C=O) groups is 1. The minimum absolute atomic E-state index is 0.155. The molecular weight excluding hydrogens is 490 g/mol. The van der Waals surface area contributed by atoms with E-state index in [1.807, 2.05) is 48.6 Å². The second-order valence-electron chi connectivity index (χ2n) is 9.34. The highest BCUT2D eigenvalue weighted by atomic mass is 35.5. The third-order valence-electron chi connectivity index (χ3n) is 6.95. The average molecular weight is 518 g/mol. The normalized spacial score (nSPS) is 14.3. The fourth-order valence-corrected chi connectivity index (χ4v) is 5.03. The van der Waals surface area contributed by atoms with E-state index in [0.717, 1.165) is 35.6 Å². The lowest BCUT2D eigenvalue weighted by Gasteiger charge is -2.35. The molecule has 1 amide bonds. The van der Waals surface area contributed by atoms with Crippen molar-refractivity contribution in [3.8, 4) is 11.9 Å². The summed E-state index contributed by atoms with van der Waals surface area (Å²) in [6.45, 7) is 9.49. The molecule has 0 unspecified atom stereocenters. The first-order valence-electron chi connectivity index (χ1n) is 12.3. The van der Waals surface area contributed by atoms with Crippen LogP contribution in [-0.2, 0) is 17.8 Å². The Morgan fingerprint density at radius 3 is 2.57 bits per heavy atom. The van der Waals surface area contributed by atoms with Gasteiger partial charge in [-0.3, -0.25) is 9.69 Å². The van der Waals surface area contributed by atoms with Crippen molar-refractivity contribution >= 4 is 23.2 Å². The number of halogens is 1. The van der Waals surface area contributed by atoms with Crippen LogP contribution in [0, 0.1) is 32.1 Å². The number of nitrogens with zero attached hydrogens (tertiary/aromatic N) is 9. The van der Waals surface area contributed by atoms with E-state index in [2.05, 4.69) is 26.3 Å². The largest absolute Gasteiger partial charge is 0.340 e. The number of benzene rings is 1. The Balaban J connectivity index is 1.18. The van der Waals surface area contributed by atoms with Crippen LogP contribution in [0.4, 0.5) is 0 Å². The number of hydrogen-bond donors (Lipinski definition) is 0. The van der Waals surface area contributed by atoms with Gasteiger partial charge in [0.05, 0.1) is 17.3 Å². The van der Waals surface area contributed by atoms with Gasteiger partial charge in [-0.1, -0.05) is 17.7 Å². The maximum absolute atomic E-state index is 13.0. The number of aryl methyl sites for hydroxylation is 2. The van der Waals surface area contributed by atoms with Crippen molar-refractivity contribution in [3.05, 3.63) is 69.3 Å². The van der Waals surface area contributed by atoms with E-state index < -0.39 is 0 Å². The Morgan fingerprint density at radius 1 is 1.05 bits per heavy atom. The van der Waals surface area contributed by atoms with Gasteiger partial charge in [0, 0.05) is 49.9 Å². The monoisotopic (exact) mass is 517 g/mol. The van der Waals surface area contributed by atoms with Gasteiger partial charge in [0.15, 0.2) is 17.3 Å². The van der Waals surface area contributed by atoms with Crippen molar-refractivity contribution in [2.45, 2.75) is 40.2 Å². The summed E-state index contributed by atoms with van der Waals surface area (Å²) in [4.78, 5) is 17.2. The molecule has 37 heavy (non-hydrogen) atoms. The molecule has 1 aromatic carbocycles. The topological polar surface area (TPSA) is 108 Å². The molecule has 3 aromatic heterocycles. The Bertz CT molecular complexity index is 1510. The molecule has 1 aliphatic heterocycles. The van der Waals surface area contributed by atoms with Gasteiger partial charge in [-0.2, -0.15) is 14.9 Å². The average Bonchev–Trinajstić information content (AvgIpc) is 3.42. The molecule has 4 aromatic rings. The van der Waals surface area contributed by atoms with Gasteiger partial charge < -0.3 is 4.90 Å². The lowest BCUT2D eigenvalue weighted by molar-refractivity contribution is -0.133. The molecule has 0 bridgehead atoms. The van der Waals surface area contributed by atoms with Gasteiger partial charge in [-0.05, 0) is 62.6 Å². The quantitative estimate of drug-likeness (QED) is 0.386. The summed E-state index contributed by atoms with van der Waals surface area (Å²) in [7, 11) is 0. The Hall–Kier alpha value is -3.81. The minimum atomic E-state index is 0.155. The third-order valence-corrected chi connectivity index (χ3v) is 7.30. The lowest BCUT2D eigenvalue weighted by atomic mass is 10.1. The first-order valence-corrected chi connectivity index (χ1v) is 12.6. The summed E-state index contributed by atoms with van der Waals surface area (Å²) >= 11 is 6.34. The van der Waals surface area contributed by atoms with Crippen molar-refractivity contribution in [1.82, 2.24) is 39.4 Å². The molecular formula is C26H28ClN9O. The molecule has 1 saturated heterocycles. The number of hydrogen-bond acceptors (Lipinski definition) is 7. The van der Waals surface area contributed by atoms with Crippen molar-refractivity contribution < 1.29 is 4.79 Å². The summed E-state index contributed by atoms with van der Waals surface area (Å²) in [5.41, 5.74) is 5.20. The molecule has 0 N–H and O–H groups in total. The predicted molar refractivity (Wildman–Crippen MR) is 138 cm³/mol. The van der Waals surface area contributed by atoms with Crippen LogP contribution in [0.1, 0.15) is 40.3 Å². The highest BCUT2D eigenvalue weighted by Crippen LogP contribution is 2.22. The van der Waals surface area contributed by atoms with Gasteiger partial charge in [-0.25, -0.2) is 4.68 Å². The van der Waals surface area contributed by atoms with Crippen LogP contribution in [0.15, 0.2) is 30.3 Å². The summed E-state index contributed by atoms with van der Waals surface area (Å²) in [6.07, 6.45) is 1.07. The standard InChI is InChI=1S/C26H28ClN9O/c1-17-22(18(2)35(31-17)25-8-7-24-30-29-19(3)36(24)32-25)6-9-26(37)34-12-10-33(11-13-34)16-21-5-4-20(15-28)14-23(21)27/h4-5,7-8,14H,6,9-13,16H2,1-3H3. The number of aromatic nitrogens is 6. The molecule has 10 nitrogen and oxygen atoms in total. The number of nitriles is 1. The summed E-state index contributed by atoms with van der Waals surface area (Å²) < 4.78 is 3.52. The van der Waals surface area contributed by atoms with Crippen molar-refractivity contribution in [2.24, 2.45) is 0 Å². The van der Waals surface area contributed by atoms with Crippen molar-refractivity contribution in [2.75, 3.05) is 26.2 Å². The number of rotatable bonds is 6. The zero-order valence-corrected chi connectivity index (χ0v) is 21.9. The second kappa shape index (κ2) is 10.3. The molecule has 5 rings (SSSR count). The summed E-state index contributed by atoms with van der Waals surface area (Å²) in [5.74, 6) is 1.55. The fraction of sp³-hybridized carbons (Fsp3) is 0.385. The maximum Gasteiger partial charge on any atom is 0.222 e. The van der Waals surface area contributed by atoms with Gasteiger partial charge in [0.1, 0.15) is 0 Å². The van der Waals surface area contributed by atoms with E-state index in [-0.39, 0.29) is 5.91 Å². The maximum atomic E-state index is 13.0. The number of piperazine rings is 1. The lowest BCUT2D eigenvalue weighted by Crippen LogP contribution is -2.48. The Labute approximate surface area is 220 Å². The summed E-state index contributed by atoms with van der Waals surface area (Å²) in [6, 6.07) is 11.3. The minimum Gasteiger partial charge on any atom is -0.340 e. The van der Waals surface area contributed by atoms with E-state index in [1.165, 1.54) is 0 Å². The van der Waals surface area contributed by atoms with E-state index in [0.29, 0.717) is 60.4 Å². The van der Waals surface area contributed by atoms with Gasteiger partial charge >= 0.3 is 0 Å². The van der Waals surface area contributed by atoms with Crippen LogP contribution >= 0.6 is 11.6 Å². The Morgan fingerprint density at radius 2 is 1.84 bits per heavy atom. The molecule has 0 spiro atoms.